The van der Waals surface area contributed by atoms with Crippen LogP contribution < -0.4 is 5.56 Å². The fraction of sp³-hybridized carbons (Fsp3) is 0.208. The summed E-state index contributed by atoms with van der Waals surface area (Å²) in [4.78, 5) is 17.9. The molecular weight excluding hydrogens is 476 g/mol. The van der Waals surface area contributed by atoms with Crippen LogP contribution in [0, 0.1) is 13.8 Å². The molecule has 0 atom stereocenters. The lowest BCUT2D eigenvalue weighted by Gasteiger charge is -2.10. The van der Waals surface area contributed by atoms with Gasteiger partial charge in [-0.1, -0.05) is 34.5 Å². The van der Waals surface area contributed by atoms with E-state index in [1.54, 1.807) is 12.3 Å². The molecule has 158 valence electrons. The summed E-state index contributed by atoms with van der Waals surface area (Å²) in [5.41, 5.74) is 4.59. The lowest BCUT2D eigenvalue weighted by molar-refractivity contribution is 0.703. The molecule has 2 aromatic heterocycles. The van der Waals surface area contributed by atoms with Crippen molar-refractivity contribution in [1.29, 1.82) is 0 Å². The van der Waals surface area contributed by atoms with Gasteiger partial charge in [0.05, 0.1) is 17.1 Å². The van der Waals surface area contributed by atoms with Crippen LogP contribution in [0.2, 0.25) is 5.02 Å². The first-order valence-electron chi connectivity index (χ1n) is 10.1. The Morgan fingerprint density at radius 3 is 2.58 bits per heavy atom. The predicted molar refractivity (Wildman–Crippen MR) is 131 cm³/mol. The maximum absolute atomic E-state index is 13.2. The zero-order valence-electron chi connectivity index (χ0n) is 17.6. The zero-order chi connectivity index (χ0) is 22.1. The maximum Gasteiger partial charge on any atom is 0.282 e. The number of hydrogen-bond acceptors (Lipinski definition) is 3. The minimum atomic E-state index is -0.169. The minimum absolute atomic E-state index is 0.169. The number of halogens is 2. The van der Waals surface area contributed by atoms with E-state index in [4.69, 9.17) is 16.6 Å². The number of benzene rings is 2. The molecule has 0 amide bonds. The summed E-state index contributed by atoms with van der Waals surface area (Å²) in [5.74, 6) is 0.657. The Morgan fingerprint density at radius 1 is 1.13 bits per heavy atom. The highest BCUT2D eigenvalue weighted by Gasteiger charge is 2.12. The Morgan fingerprint density at radius 2 is 1.87 bits per heavy atom. The second kappa shape index (κ2) is 8.81. The summed E-state index contributed by atoms with van der Waals surface area (Å²) in [7, 11) is 0. The van der Waals surface area contributed by atoms with Crippen LogP contribution in [0.5, 0.6) is 0 Å². The Labute approximate surface area is 194 Å². The SMILES string of the molecule is CCCc1nc2ccc(Br)cc2c(=O)n1N=Cc1cc(C)n(-c2ccc(Cl)cc2)c1C. The van der Waals surface area contributed by atoms with Gasteiger partial charge in [-0.3, -0.25) is 4.79 Å². The minimum Gasteiger partial charge on any atom is -0.318 e. The number of aromatic nitrogens is 3. The summed E-state index contributed by atoms with van der Waals surface area (Å²) >= 11 is 9.47. The second-order valence-electron chi connectivity index (χ2n) is 7.44. The van der Waals surface area contributed by atoms with Gasteiger partial charge in [0.15, 0.2) is 0 Å². The van der Waals surface area contributed by atoms with Crippen molar-refractivity contribution in [3.8, 4) is 5.69 Å². The van der Waals surface area contributed by atoms with E-state index in [0.29, 0.717) is 28.2 Å². The molecule has 0 aliphatic rings. The Kier molecular flexibility index (Phi) is 6.12. The summed E-state index contributed by atoms with van der Waals surface area (Å²) in [5, 5.41) is 5.80. The summed E-state index contributed by atoms with van der Waals surface area (Å²) < 4.78 is 4.40. The summed E-state index contributed by atoms with van der Waals surface area (Å²) in [6.45, 7) is 6.14. The lowest BCUT2D eigenvalue weighted by atomic mass is 10.2. The highest BCUT2D eigenvalue weighted by molar-refractivity contribution is 9.10. The van der Waals surface area contributed by atoms with E-state index in [1.807, 2.05) is 50.2 Å². The molecule has 0 saturated heterocycles. The van der Waals surface area contributed by atoms with Gasteiger partial charge >= 0.3 is 0 Å². The quantitative estimate of drug-likeness (QED) is 0.315. The molecule has 0 radical (unpaired) electrons. The average Bonchev–Trinajstić information content (AvgIpc) is 3.02. The van der Waals surface area contributed by atoms with Gasteiger partial charge in [-0.15, -0.1) is 0 Å². The first kappa shape index (κ1) is 21.5. The van der Waals surface area contributed by atoms with E-state index in [2.05, 4.69) is 38.6 Å². The largest absolute Gasteiger partial charge is 0.318 e. The van der Waals surface area contributed by atoms with Gasteiger partial charge in [0, 0.05) is 38.6 Å². The van der Waals surface area contributed by atoms with Crippen LogP contribution in [0.15, 0.2) is 62.9 Å². The van der Waals surface area contributed by atoms with Gasteiger partial charge in [-0.05, 0) is 68.8 Å². The maximum atomic E-state index is 13.2. The molecule has 0 unspecified atom stereocenters. The van der Waals surface area contributed by atoms with Gasteiger partial charge in [0.2, 0.25) is 0 Å². The lowest BCUT2D eigenvalue weighted by Crippen LogP contribution is -2.22. The van der Waals surface area contributed by atoms with E-state index in [1.165, 1.54) is 4.68 Å². The van der Waals surface area contributed by atoms with E-state index in [9.17, 15) is 4.79 Å². The third-order valence-corrected chi connectivity index (χ3v) is 5.96. The molecule has 5 nitrogen and oxygen atoms in total. The second-order valence-corrected chi connectivity index (χ2v) is 8.79. The first-order valence-corrected chi connectivity index (χ1v) is 11.3. The van der Waals surface area contributed by atoms with Gasteiger partial charge in [0.1, 0.15) is 5.82 Å². The van der Waals surface area contributed by atoms with E-state index < -0.39 is 0 Å². The molecule has 0 aliphatic heterocycles. The van der Waals surface area contributed by atoms with E-state index in [0.717, 1.165) is 33.5 Å². The van der Waals surface area contributed by atoms with Crippen molar-refractivity contribution in [2.75, 3.05) is 0 Å². The number of rotatable bonds is 5. The average molecular weight is 498 g/mol. The molecule has 0 spiro atoms. The van der Waals surface area contributed by atoms with Crippen LogP contribution in [0.3, 0.4) is 0 Å². The molecule has 4 aromatic rings. The fourth-order valence-electron chi connectivity index (χ4n) is 3.72. The molecule has 2 heterocycles. The zero-order valence-corrected chi connectivity index (χ0v) is 19.9. The molecule has 0 aliphatic carbocycles. The monoisotopic (exact) mass is 496 g/mol. The van der Waals surface area contributed by atoms with Crippen molar-refractivity contribution >= 4 is 44.6 Å². The Hall–Kier alpha value is -2.70. The van der Waals surface area contributed by atoms with Crippen molar-refractivity contribution in [2.45, 2.75) is 33.6 Å². The van der Waals surface area contributed by atoms with Gasteiger partial charge in [-0.2, -0.15) is 9.78 Å². The Balaban J connectivity index is 1.81. The van der Waals surface area contributed by atoms with Gasteiger partial charge in [0.25, 0.3) is 5.56 Å². The van der Waals surface area contributed by atoms with Gasteiger partial charge < -0.3 is 4.57 Å². The van der Waals surface area contributed by atoms with Crippen LogP contribution in [-0.4, -0.2) is 20.4 Å². The molecule has 2 aromatic carbocycles. The molecule has 4 rings (SSSR count). The number of aryl methyl sites for hydroxylation is 2. The number of hydrogen-bond donors (Lipinski definition) is 0. The first-order chi connectivity index (χ1) is 14.9. The third kappa shape index (κ3) is 4.23. The predicted octanol–water partition coefficient (Wildman–Crippen LogP) is 6.05. The van der Waals surface area contributed by atoms with Crippen molar-refractivity contribution in [3.63, 3.8) is 0 Å². The van der Waals surface area contributed by atoms with Crippen molar-refractivity contribution in [2.24, 2.45) is 5.10 Å². The Bertz CT molecular complexity index is 1350. The topological polar surface area (TPSA) is 52.2 Å². The summed E-state index contributed by atoms with van der Waals surface area (Å²) in [6.07, 6.45) is 3.28. The number of nitrogens with zero attached hydrogens (tertiary/aromatic N) is 4. The highest BCUT2D eigenvalue weighted by Crippen LogP contribution is 2.22. The van der Waals surface area contributed by atoms with Crippen LogP contribution in [0.1, 0.15) is 36.1 Å². The molecule has 0 N–H and O–H groups in total. The van der Waals surface area contributed by atoms with Crippen LogP contribution >= 0.6 is 27.5 Å². The molecular formula is C24H22BrClN4O. The molecule has 0 bridgehead atoms. The highest BCUT2D eigenvalue weighted by atomic mass is 79.9. The summed E-state index contributed by atoms with van der Waals surface area (Å²) in [6, 6.07) is 15.3. The molecule has 0 saturated carbocycles. The smallest absolute Gasteiger partial charge is 0.282 e. The van der Waals surface area contributed by atoms with E-state index in [-0.39, 0.29) is 5.56 Å². The van der Waals surface area contributed by atoms with E-state index >= 15 is 0 Å². The normalized spacial score (nSPS) is 11.6. The van der Waals surface area contributed by atoms with Crippen molar-refractivity contribution in [3.05, 3.63) is 91.2 Å². The fourth-order valence-corrected chi connectivity index (χ4v) is 4.21. The van der Waals surface area contributed by atoms with Crippen LogP contribution in [0.25, 0.3) is 16.6 Å². The number of fused-ring (bicyclic) bond motifs is 1. The van der Waals surface area contributed by atoms with Crippen LogP contribution in [0.4, 0.5) is 0 Å². The molecule has 7 heteroatoms. The third-order valence-electron chi connectivity index (χ3n) is 5.22. The molecule has 0 fully saturated rings. The van der Waals surface area contributed by atoms with Crippen molar-refractivity contribution in [1.82, 2.24) is 14.2 Å². The van der Waals surface area contributed by atoms with Crippen molar-refractivity contribution < 1.29 is 0 Å². The standard InChI is InChI=1S/C24H22BrClN4O/c1-4-5-23-28-22-11-6-18(25)13-21(22)24(31)30(23)27-14-17-12-15(2)29(16(17)3)20-9-7-19(26)8-10-20/h6-14H,4-5H2,1-3H3. The molecule has 31 heavy (non-hydrogen) atoms. The van der Waals surface area contributed by atoms with Gasteiger partial charge in [-0.25, -0.2) is 4.98 Å². The van der Waals surface area contributed by atoms with Crippen LogP contribution in [-0.2, 0) is 6.42 Å².